The predicted octanol–water partition coefficient (Wildman–Crippen LogP) is -2.68. The number of aliphatic hydroxyl groups is 3. The fourth-order valence-electron chi connectivity index (χ4n) is 2.69. The van der Waals surface area contributed by atoms with Gasteiger partial charge in [-0.05, 0) is 6.42 Å². The zero-order valence-corrected chi connectivity index (χ0v) is 16.5. The van der Waals surface area contributed by atoms with Crippen LogP contribution in [-0.2, 0) is 9.47 Å². The van der Waals surface area contributed by atoms with E-state index in [0.29, 0.717) is 6.61 Å². The molecule has 5 atom stereocenters. The molecule has 23 heavy (non-hydrogen) atoms. The Hall–Kier alpha value is 0.760. The van der Waals surface area contributed by atoms with Gasteiger partial charge in [0.2, 0.25) is 0 Å². The van der Waals surface area contributed by atoms with Crippen molar-refractivity contribution in [2.24, 2.45) is 0 Å². The second-order valence-corrected chi connectivity index (χ2v) is 6.02. The molecule has 1 aliphatic heterocycles. The first-order valence-electron chi connectivity index (χ1n) is 8.51. The van der Waals surface area contributed by atoms with Crippen molar-refractivity contribution in [3.8, 4) is 0 Å². The number of ether oxygens (including phenoxy) is 2. The number of aliphatic hydroxyl groups excluding tert-OH is 3. The number of hydrogen-bond acceptors (Lipinski definition) is 6. The van der Waals surface area contributed by atoms with E-state index in [-0.39, 0.29) is 29.6 Å². The Balaban J connectivity index is 0.00000484. The summed E-state index contributed by atoms with van der Waals surface area (Å²) in [6, 6.07) is 0. The third-order valence-electron chi connectivity index (χ3n) is 4.13. The van der Waals surface area contributed by atoms with E-state index in [1.165, 1.54) is 32.1 Å². The molecule has 1 rings (SSSR count). The van der Waals surface area contributed by atoms with Crippen LogP contribution in [0.5, 0.6) is 0 Å². The van der Waals surface area contributed by atoms with Crippen LogP contribution in [0.1, 0.15) is 58.3 Å². The normalized spacial score (nSPS) is 30.9. The first kappa shape index (κ1) is 23.8. The molecule has 6 nitrogen and oxygen atoms in total. The van der Waals surface area contributed by atoms with Crippen molar-refractivity contribution in [2.45, 2.75) is 89.0 Å². The van der Waals surface area contributed by atoms with E-state index >= 15 is 0 Å². The van der Waals surface area contributed by atoms with Crippen LogP contribution < -0.4 is 34.7 Å². The van der Waals surface area contributed by atoms with Gasteiger partial charge in [0.25, 0.3) is 0 Å². The van der Waals surface area contributed by atoms with Gasteiger partial charge in [0.05, 0.1) is 12.7 Å². The molecule has 0 aromatic carbocycles. The fourth-order valence-corrected chi connectivity index (χ4v) is 2.69. The van der Waals surface area contributed by atoms with Gasteiger partial charge >= 0.3 is 29.6 Å². The summed E-state index contributed by atoms with van der Waals surface area (Å²) in [7, 11) is 0. The van der Waals surface area contributed by atoms with E-state index in [9.17, 15) is 15.3 Å². The monoisotopic (exact) mass is 342 g/mol. The minimum atomic E-state index is -1.58. The van der Waals surface area contributed by atoms with Gasteiger partial charge in [-0.15, -0.1) is 0 Å². The summed E-state index contributed by atoms with van der Waals surface area (Å²) in [5.41, 5.74) is 0. The predicted molar refractivity (Wildman–Crippen MR) is 80.1 cm³/mol. The van der Waals surface area contributed by atoms with Gasteiger partial charge in [0.1, 0.15) is 18.3 Å². The topological polar surface area (TPSA) is 102 Å². The van der Waals surface area contributed by atoms with Crippen molar-refractivity contribution in [3.63, 3.8) is 0 Å². The van der Waals surface area contributed by atoms with Gasteiger partial charge in [-0.2, -0.15) is 0 Å². The van der Waals surface area contributed by atoms with Crippen LogP contribution in [0.25, 0.3) is 0 Å². The average Bonchev–Trinajstić information content (AvgIpc) is 2.52. The Labute approximate surface area is 161 Å². The van der Waals surface area contributed by atoms with E-state index in [2.05, 4.69) is 6.92 Å². The molecule has 0 aliphatic carbocycles. The summed E-state index contributed by atoms with van der Waals surface area (Å²) >= 11 is 0. The molecule has 1 saturated heterocycles. The molecule has 0 aromatic rings. The quantitative estimate of drug-likeness (QED) is 0.279. The second kappa shape index (κ2) is 14.0. The SMILES string of the molecule is CCCCCCCCCCO[C@@H]1[C@@H](O)[C@@H](O)[C@@H](CO)O[C@@H]1[O-].[Na+]. The summed E-state index contributed by atoms with van der Waals surface area (Å²) in [5.74, 6) is 0. The minimum Gasteiger partial charge on any atom is -0.829 e. The molecular formula is C16H31NaO6. The maximum atomic E-state index is 11.7. The Morgan fingerprint density at radius 2 is 1.52 bits per heavy atom. The molecule has 1 heterocycles. The van der Waals surface area contributed by atoms with Crippen LogP contribution >= 0.6 is 0 Å². The first-order chi connectivity index (χ1) is 10.6. The van der Waals surface area contributed by atoms with Gasteiger partial charge in [-0.1, -0.05) is 51.9 Å². The molecule has 0 spiro atoms. The molecule has 7 heteroatoms. The Morgan fingerprint density at radius 1 is 0.957 bits per heavy atom. The number of rotatable bonds is 11. The Morgan fingerprint density at radius 3 is 2.09 bits per heavy atom. The van der Waals surface area contributed by atoms with Crippen molar-refractivity contribution in [2.75, 3.05) is 13.2 Å². The zero-order valence-electron chi connectivity index (χ0n) is 14.5. The molecule has 0 unspecified atom stereocenters. The van der Waals surface area contributed by atoms with E-state index in [1.54, 1.807) is 0 Å². The summed E-state index contributed by atoms with van der Waals surface area (Å²) in [5, 5.41) is 40.3. The Kier molecular flexibility index (Phi) is 14.4. The van der Waals surface area contributed by atoms with Crippen LogP contribution in [0.4, 0.5) is 0 Å². The molecule has 0 radical (unpaired) electrons. The standard InChI is InChI=1S/C16H31O6.Na/c1-2-3-4-5-6-7-8-9-10-21-15-14(19)13(18)12(11-17)22-16(15)20;/h12-19H,2-11H2,1H3;/q-1;+1/t12-,13+,14+,15-,16+;/m1./s1. The van der Waals surface area contributed by atoms with Gasteiger partial charge < -0.3 is 29.9 Å². The average molecular weight is 342 g/mol. The zero-order chi connectivity index (χ0) is 16.4. The molecule has 3 N–H and O–H groups in total. The van der Waals surface area contributed by atoms with Gasteiger partial charge in [0, 0.05) is 12.9 Å². The largest absolute Gasteiger partial charge is 1.00 e. The molecule has 132 valence electrons. The molecule has 0 aromatic heterocycles. The molecule has 1 aliphatic rings. The van der Waals surface area contributed by atoms with Gasteiger partial charge in [-0.3, -0.25) is 0 Å². The van der Waals surface area contributed by atoms with E-state index in [0.717, 1.165) is 19.3 Å². The third-order valence-corrected chi connectivity index (χ3v) is 4.13. The van der Waals surface area contributed by atoms with Crippen molar-refractivity contribution < 1.29 is 59.5 Å². The van der Waals surface area contributed by atoms with E-state index in [4.69, 9.17) is 14.6 Å². The van der Waals surface area contributed by atoms with Gasteiger partial charge in [-0.25, -0.2) is 0 Å². The number of hydrogen-bond donors (Lipinski definition) is 3. The minimum absolute atomic E-state index is 0. The molecule has 0 saturated carbocycles. The summed E-state index contributed by atoms with van der Waals surface area (Å²) in [6.45, 7) is 2.07. The maximum absolute atomic E-state index is 11.7. The van der Waals surface area contributed by atoms with Crippen molar-refractivity contribution in [1.82, 2.24) is 0 Å². The fraction of sp³-hybridized carbons (Fsp3) is 1.00. The molecule has 1 fully saturated rings. The maximum Gasteiger partial charge on any atom is 1.00 e. The third kappa shape index (κ3) is 8.61. The molecular weight excluding hydrogens is 311 g/mol. The summed E-state index contributed by atoms with van der Waals surface area (Å²) in [6.07, 6.45) is 3.01. The summed E-state index contributed by atoms with van der Waals surface area (Å²) in [4.78, 5) is 0. The Bertz CT molecular complexity index is 281. The van der Waals surface area contributed by atoms with Crippen LogP contribution in [0, 0.1) is 0 Å². The number of unbranched alkanes of at least 4 members (excludes halogenated alkanes) is 7. The summed E-state index contributed by atoms with van der Waals surface area (Å²) < 4.78 is 10.3. The molecule has 0 amide bonds. The van der Waals surface area contributed by atoms with Crippen LogP contribution in [0.2, 0.25) is 0 Å². The van der Waals surface area contributed by atoms with Crippen molar-refractivity contribution in [3.05, 3.63) is 0 Å². The molecule has 0 bridgehead atoms. The van der Waals surface area contributed by atoms with E-state index in [1.807, 2.05) is 0 Å². The van der Waals surface area contributed by atoms with Crippen LogP contribution in [-0.4, -0.2) is 59.2 Å². The van der Waals surface area contributed by atoms with Crippen molar-refractivity contribution >= 4 is 0 Å². The van der Waals surface area contributed by atoms with Crippen LogP contribution in [0.15, 0.2) is 0 Å². The first-order valence-corrected chi connectivity index (χ1v) is 8.51. The van der Waals surface area contributed by atoms with E-state index < -0.39 is 37.3 Å². The van der Waals surface area contributed by atoms with Crippen molar-refractivity contribution in [1.29, 1.82) is 0 Å². The van der Waals surface area contributed by atoms with Gasteiger partial charge in [0.15, 0.2) is 0 Å². The second-order valence-electron chi connectivity index (χ2n) is 6.02. The van der Waals surface area contributed by atoms with Crippen LogP contribution in [0.3, 0.4) is 0 Å². The smallest absolute Gasteiger partial charge is 0.829 e.